The zero-order valence-corrected chi connectivity index (χ0v) is 13.2. The molecule has 2 N–H and O–H groups in total. The second kappa shape index (κ2) is 5.02. The maximum atomic E-state index is 12.5. The molecular formula is C17H19N3O2. The van der Waals surface area contributed by atoms with Crippen LogP contribution < -0.4 is 5.32 Å². The first-order valence-electron chi connectivity index (χ1n) is 7.20. The number of benzene rings is 1. The van der Waals surface area contributed by atoms with Gasteiger partial charge in [-0.05, 0) is 31.2 Å². The SMILES string of the molecule is Cc1oc(C(C)(C)C)cc1C(=O)Nc1ccc2cn[nH]c2c1. The van der Waals surface area contributed by atoms with Crippen LogP contribution in [0, 0.1) is 6.92 Å². The Labute approximate surface area is 128 Å². The minimum atomic E-state index is -0.171. The highest BCUT2D eigenvalue weighted by atomic mass is 16.3. The summed E-state index contributed by atoms with van der Waals surface area (Å²) in [5, 5.41) is 10.8. The minimum absolute atomic E-state index is 0.127. The van der Waals surface area contributed by atoms with Gasteiger partial charge in [0, 0.05) is 16.5 Å². The van der Waals surface area contributed by atoms with Crippen molar-refractivity contribution in [3.8, 4) is 0 Å². The molecule has 0 atom stereocenters. The molecule has 2 heterocycles. The van der Waals surface area contributed by atoms with Crippen LogP contribution in [-0.2, 0) is 5.41 Å². The molecule has 0 aliphatic carbocycles. The first kappa shape index (κ1) is 14.4. The monoisotopic (exact) mass is 297 g/mol. The van der Waals surface area contributed by atoms with Crippen LogP contribution in [0.3, 0.4) is 0 Å². The van der Waals surface area contributed by atoms with Crippen molar-refractivity contribution in [2.75, 3.05) is 5.32 Å². The van der Waals surface area contributed by atoms with E-state index in [2.05, 4.69) is 36.3 Å². The highest BCUT2D eigenvalue weighted by Gasteiger charge is 2.23. The molecule has 0 unspecified atom stereocenters. The summed E-state index contributed by atoms with van der Waals surface area (Å²) >= 11 is 0. The second-order valence-electron chi connectivity index (χ2n) is 6.46. The largest absolute Gasteiger partial charge is 0.465 e. The van der Waals surface area contributed by atoms with E-state index in [9.17, 15) is 4.79 Å². The summed E-state index contributed by atoms with van der Waals surface area (Å²) in [7, 11) is 0. The maximum absolute atomic E-state index is 12.5. The molecule has 0 saturated heterocycles. The predicted molar refractivity (Wildman–Crippen MR) is 86.2 cm³/mol. The molecule has 114 valence electrons. The van der Waals surface area contributed by atoms with Crippen molar-refractivity contribution in [2.45, 2.75) is 33.1 Å². The van der Waals surface area contributed by atoms with E-state index in [0.717, 1.165) is 22.4 Å². The van der Waals surface area contributed by atoms with Crippen LogP contribution in [0.5, 0.6) is 0 Å². The number of nitrogens with zero attached hydrogens (tertiary/aromatic N) is 1. The third kappa shape index (κ3) is 2.62. The number of rotatable bonds is 2. The molecule has 0 saturated carbocycles. The zero-order chi connectivity index (χ0) is 15.9. The molecule has 1 aromatic carbocycles. The maximum Gasteiger partial charge on any atom is 0.259 e. The molecule has 3 aromatic rings. The van der Waals surface area contributed by atoms with Crippen LogP contribution in [0.1, 0.15) is 42.6 Å². The van der Waals surface area contributed by atoms with Gasteiger partial charge in [0.15, 0.2) is 0 Å². The fourth-order valence-corrected chi connectivity index (χ4v) is 2.29. The van der Waals surface area contributed by atoms with Crippen molar-refractivity contribution in [3.63, 3.8) is 0 Å². The lowest BCUT2D eigenvalue weighted by Gasteiger charge is -2.13. The molecule has 0 aliphatic heterocycles. The molecule has 3 rings (SSSR count). The molecule has 0 radical (unpaired) electrons. The number of aryl methyl sites for hydroxylation is 1. The van der Waals surface area contributed by atoms with E-state index in [-0.39, 0.29) is 11.3 Å². The Hall–Kier alpha value is -2.56. The average molecular weight is 297 g/mol. The van der Waals surface area contributed by atoms with Crippen LogP contribution in [0.4, 0.5) is 5.69 Å². The summed E-state index contributed by atoms with van der Waals surface area (Å²) in [6.07, 6.45) is 1.75. The number of carbonyl (C=O) groups is 1. The Bertz CT molecular complexity index is 837. The second-order valence-corrected chi connectivity index (χ2v) is 6.46. The van der Waals surface area contributed by atoms with Crippen molar-refractivity contribution in [3.05, 3.63) is 47.5 Å². The number of carbonyl (C=O) groups excluding carboxylic acids is 1. The summed E-state index contributed by atoms with van der Waals surface area (Å²) in [4.78, 5) is 12.5. The van der Waals surface area contributed by atoms with Crippen molar-refractivity contribution < 1.29 is 9.21 Å². The third-order valence-electron chi connectivity index (χ3n) is 3.60. The lowest BCUT2D eigenvalue weighted by atomic mass is 9.93. The van der Waals surface area contributed by atoms with Gasteiger partial charge in [-0.25, -0.2) is 0 Å². The molecule has 5 nitrogen and oxygen atoms in total. The topological polar surface area (TPSA) is 70.9 Å². The Kier molecular flexibility index (Phi) is 3.28. The van der Waals surface area contributed by atoms with E-state index in [1.807, 2.05) is 31.2 Å². The van der Waals surface area contributed by atoms with E-state index >= 15 is 0 Å². The summed E-state index contributed by atoms with van der Waals surface area (Å²) in [5.74, 6) is 1.26. The number of fused-ring (bicyclic) bond motifs is 1. The van der Waals surface area contributed by atoms with E-state index in [0.29, 0.717) is 11.3 Å². The number of nitrogens with one attached hydrogen (secondary N) is 2. The molecule has 1 amide bonds. The average Bonchev–Trinajstić information content (AvgIpc) is 3.03. The molecular weight excluding hydrogens is 278 g/mol. The van der Waals surface area contributed by atoms with Crippen LogP contribution >= 0.6 is 0 Å². The molecule has 2 aromatic heterocycles. The number of aromatic nitrogens is 2. The van der Waals surface area contributed by atoms with Gasteiger partial charge in [-0.1, -0.05) is 20.8 Å². The predicted octanol–water partition coefficient (Wildman–Crippen LogP) is 4.01. The third-order valence-corrected chi connectivity index (χ3v) is 3.60. The number of aromatic amines is 1. The van der Waals surface area contributed by atoms with Gasteiger partial charge in [-0.3, -0.25) is 9.89 Å². The highest BCUT2D eigenvalue weighted by molar-refractivity contribution is 6.05. The van der Waals surface area contributed by atoms with Crippen molar-refractivity contribution in [1.82, 2.24) is 10.2 Å². The van der Waals surface area contributed by atoms with Crippen molar-refractivity contribution in [1.29, 1.82) is 0 Å². The Morgan fingerprint density at radius 2 is 2.05 bits per heavy atom. The standard InChI is InChI=1S/C17H19N3O2/c1-10-13(8-15(22-10)17(2,3)4)16(21)19-12-6-5-11-9-18-20-14(11)7-12/h5-9H,1-4H3,(H,18,20)(H,19,21). The molecule has 22 heavy (non-hydrogen) atoms. The Morgan fingerprint density at radius 3 is 2.73 bits per heavy atom. The quantitative estimate of drug-likeness (QED) is 0.750. The number of hydrogen-bond donors (Lipinski definition) is 2. The van der Waals surface area contributed by atoms with Crippen LogP contribution in [-0.4, -0.2) is 16.1 Å². The number of amides is 1. The van der Waals surface area contributed by atoms with Gasteiger partial charge >= 0.3 is 0 Å². The van der Waals surface area contributed by atoms with Crippen LogP contribution in [0.25, 0.3) is 10.9 Å². The number of H-pyrrole nitrogens is 1. The van der Waals surface area contributed by atoms with E-state index in [4.69, 9.17) is 4.42 Å². The van der Waals surface area contributed by atoms with Gasteiger partial charge in [0.2, 0.25) is 0 Å². The molecule has 5 heteroatoms. The summed E-state index contributed by atoms with van der Waals surface area (Å²) < 4.78 is 5.72. The fourth-order valence-electron chi connectivity index (χ4n) is 2.29. The lowest BCUT2D eigenvalue weighted by molar-refractivity contribution is 0.102. The summed E-state index contributed by atoms with van der Waals surface area (Å²) in [6, 6.07) is 7.45. The van der Waals surface area contributed by atoms with E-state index in [1.54, 1.807) is 6.20 Å². The van der Waals surface area contributed by atoms with Gasteiger partial charge < -0.3 is 9.73 Å². The lowest BCUT2D eigenvalue weighted by Crippen LogP contribution is -2.13. The summed E-state index contributed by atoms with van der Waals surface area (Å²) in [5.41, 5.74) is 2.05. The van der Waals surface area contributed by atoms with E-state index in [1.165, 1.54) is 0 Å². The van der Waals surface area contributed by atoms with Crippen molar-refractivity contribution in [2.24, 2.45) is 0 Å². The Morgan fingerprint density at radius 1 is 1.27 bits per heavy atom. The van der Waals surface area contributed by atoms with Gasteiger partial charge in [0.05, 0.1) is 17.3 Å². The summed E-state index contributed by atoms with van der Waals surface area (Å²) in [6.45, 7) is 7.97. The molecule has 0 spiro atoms. The molecule has 0 fully saturated rings. The van der Waals surface area contributed by atoms with Gasteiger partial charge in [-0.2, -0.15) is 5.10 Å². The van der Waals surface area contributed by atoms with E-state index < -0.39 is 0 Å². The van der Waals surface area contributed by atoms with Crippen molar-refractivity contribution >= 4 is 22.5 Å². The minimum Gasteiger partial charge on any atom is -0.465 e. The molecule has 0 aliphatic rings. The number of furan rings is 1. The first-order chi connectivity index (χ1) is 10.3. The smallest absolute Gasteiger partial charge is 0.259 e. The van der Waals surface area contributed by atoms with Gasteiger partial charge in [-0.15, -0.1) is 0 Å². The number of anilines is 1. The highest BCUT2D eigenvalue weighted by Crippen LogP contribution is 2.27. The first-order valence-corrected chi connectivity index (χ1v) is 7.20. The number of hydrogen-bond acceptors (Lipinski definition) is 3. The van der Waals surface area contributed by atoms with Crippen LogP contribution in [0.15, 0.2) is 34.9 Å². The normalized spacial score (nSPS) is 11.8. The van der Waals surface area contributed by atoms with Gasteiger partial charge in [0.25, 0.3) is 5.91 Å². The zero-order valence-electron chi connectivity index (χ0n) is 13.2. The molecule has 0 bridgehead atoms. The fraction of sp³-hybridized carbons (Fsp3) is 0.294. The van der Waals surface area contributed by atoms with Gasteiger partial charge in [0.1, 0.15) is 11.5 Å². The van der Waals surface area contributed by atoms with Crippen LogP contribution in [0.2, 0.25) is 0 Å². The Balaban J connectivity index is 1.86.